The van der Waals surface area contributed by atoms with Gasteiger partial charge in [-0.3, -0.25) is 9.89 Å². The largest absolute Gasteiger partial charge is 0.345 e. The predicted molar refractivity (Wildman–Crippen MR) is 80.1 cm³/mol. The van der Waals surface area contributed by atoms with Crippen LogP contribution in [0.25, 0.3) is 21.9 Å². The molecule has 0 bridgehead atoms. The number of aromatic nitrogens is 4. The first-order valence-electron chi connectivity index (χ1n) is 6.48. The van der Waals surface area contributed by atoms with E-state index in [0.717, 1.165) is 27.6 Å². The Labute approximate surface area is 119 Å². The molecule has 0 unspecified atom stereocenters. The van der Waals surface area contributed by atoms with E-state index < -0.39 is 0 Å². The summed E-state index contributed by atoms with van der Waals surface area (Å²) in [4.78, 5) is 19.6. The maximum Gasteiger partial charge on any atom is 0.256 e. The van der Waals surface area contributed by atoms with Gasteiger partial charge in [-0.15, -0.1) is 0 Å². The van der Waals surface area contributed by atoms with Crippen LogP contribution in [-0.2, 0) is 0 Å². The first-order chi connectivity index (χ1) is 10.3. The smallest absolute Gasteiger partial charge is 0.256 e. The molecule has 2 aromatic heterocycles. The number of rotatable bonds is 2. The van der Waals surface area contributed by atoms with Gasteiger partial charge in [-0.25, -0.2) is 4.98 Å². The first-order valence-corrected chi connectivity index (χ1v) is 6.48. The SMILES string of the molecule is O=C(Nc1ccc2nc[nH]c2c1)c1cccc2[nH]ncc12. The van der Waals surface area contributed by atoms with Crippen molar-refractivity contribution in [2.75, 3.05) is 5.32 Å². The molecule has 6 heteroatoms. The van der Waals surface area contributed by atoms with E-state index in [0.29, 0.717) is 5.56 Å². The molecule has 102 valence electrons. The molecule has 0 radical (unpaired) electrons. The predicted octanol–water partition coefficient (Wildman–Crippen LogP) is 2.69. The number of anilines is 1. The van der Waals surface area contributed by atoms with Crippen LogP contribution in [0.1, 0.15) is 10.4 Å². The molecular weight excluding hydrogens is 266 g/mol. The fraction of sp³-hybridized carbons (Fsp3) is 0. The Balaban J connectivity index is 1.70. The summed E-state index contributed by atoms with van der Waals surface area (Å²) < 4.78 is 0. The summed E-state index contributed by atoms with van der Waals surface area (Å²) in [6.07, 6.45) is 3.28. The van der Waals surface area contributed by atoms with Crippen LogP contribution in [0.4, 0.5) is 5.69 Å². The van der Waals surface area contributed by atoms with Gasteiger partial charge in [-0.2, -0.15) is 5.10 Å². The maximum atomic E-state index is 12.4. The lowest BCUT2D eigenvalue weighted by atomic mass is 10.1. The van der Waals surface area contributed by atoms with Crippen LogP contribution in [0.3, 0.4) is 0 Å². The van der Waals surface area contributed by atoms with Gasteiger partial charge in [0.15, 0.2) is 0 Å². The van der Waals surface area contributed by atoms with Gasteiger partial charge in [0.2, 0.25) is 0 Å². The van der Waals surface area contributed by atoms with E-state index >= 15 is 0 Å². The molecule has 21 heavy (non-hydrogen) atoms. The maximum absolute atomic E-state index is 12.4. The van der Waals surface area contributed by atoms with Crippen molar-refractivity contribution in [3.8, 4) is 0 Å². The molecular formula is C15H11N5O. The number of H-pyrrole nitrogens is 2. The number of aromatic amines is 2. The van der Waals surface area contributed by atoms with E-state index in [-0.39, 0.29) is 5.91 Å². The zero-order valence-electron chi connectivity index (χ0n) is 10.9. The molecule has 1 amide bonds. The second-order valence-corrected chi connectivity index (χ2v) is 4.73. The molecule has 0 aliphatic carbocycles. The second-order valence-electron chi connectivity index (χ2n) is 4.73. The Morgan fingerprint density at radius 1 is 1.14 bits per heavy atom. The highest BCUT2D eigenvalue weighted by Gasteiger charge is 2.11. The number of nitrogens with one attached hydrogen (secondary N) is 3. The standard InChI is InChI=1S/C15H11N5O/c21-15(10-2-1-3-12-11(10)7-18-20-12)19-9-4-5-13-14(6-9)17-8-16-13/h1-8H,(H,16,17)(H,18,20)(H,19,21). The Bertz CT molecular complexity index is 953. The minimum atomic E-state index is -0.166. The zero-order valence-corrected chi connectivity index (χ0v) is 10.9. The van der Waals surface area contributed by atoms with E-state index in [2.05, 4.69) is 25.5 Å². The van der Waals surface area contributed by atoms with Gasteiger partial charge in [0.1, 0.15) is 0 Å². The van der Waals surface area contributed by atoms with Crippen LogP contribution in [-0.4, -0.2) is 26.1 Å². The van der Waals surface area contributed by atoms with Crippen molar-refractivity contribution in [2.24, 2.45) is 0 Å². The van der Waals surface area contributed by atoms with Gasteiger partial charge in [0.05, 0.1) is 34.6 Å². The first kappa shape index (κ1) is 11.7. The molecule has 3 N–H and O–H groups in total. The van der Waals surface area contributed by atoms with Crippen molar-refractivity contribution in [3.63, 3.8) is 0 Å². The molecule has 4 aromatic rings. The van der Waals surface area contributed by atoms with Crippen molar-refractivity contribution >= 4 is 33.5 Å². The van der Waals surface area contributed by atoms with Crippen molar-refractivity contribution in [3.05, 3.63) is 54.5 Å². The second kappa shape index (κ2) is 4.45. The van der Waals surface area contributed by atoms with Crippen molar-refractivity contribution in [1.29, 1.82) is 0 Å². The lowest BCUT2D eigenvalue weighted by Crippen LogP contribution is -2.12. The number of amides is 1. The summed E-state index contributed by atoms with van der Waals surface area (Å²) in [6, 6.07) is 11.0. The molecule has 4 rings (SSSR count). The Hall–Kier alpha value is -3.15. The topological polar surface area (TPSA) is 86.5 Å². The Morgan fingerprint density at radius 3 is 3.05 bits per heavy atom. The molecule has 0 aliphatic heterocycles. The minimum absolute atomic E-state index is 0.166. The summed E-state index contributed by atoms with van der Waals surface area (Å²) in [5.41, 5.74) is 3.90. The van der Waals surface area contributed by atoms with Crippen LogP contribution >= 0.6 is 0 Å². The average molecular weight is 277 g/mol. The molecule has 0 saturated heterocycles. The van der Waals surface area contributed by atoms with Crippen LogP contribution in [0.5, 0.6) is 0 Å². The lowest BCUT2D eigenvalue weighted by Gasteiger charge is -2.06. The van der Waals surface area contributed by atoms with E-state index in [1.165, 1.54) is 0 Å². The van der Waals surface area contributed by atoms with E-state index in [4.69, 9.17) is 0 Å². The number of hydrogen-bond donors (Lipinski definition) is 3. The van der Waals surface area contributed by atoms with E-state index in [9.17, 15) is 4.79 Å². The quantitative estimate of drug-likeness (QED) is 0.526. The van der Waals surface area contributed by atoms with Crippen LogP contribution < -0.4 is 5.32 Å². The van der Waals surface area contributed by atoms with Crippen LogP contribution in [0.2, 0.25) is 0 Å². The Morgan fingerprint density at radius 2 is 2.10 bits per heavy atom. The van der Waals surface area contributed by atoms with E-state index in [1.807, 2.05) is 30.3 Å². The minimum Gasteiger partial charge on any atom is -0.345 e. The van der Waals surface area contributed by atoms with Gasteiger partial charge in [0.25, 0.3) is 5.91 Å². The van der Waals surface area contributed by atoms with Gasteiger partial charge in [0, 0.05) is 11.1 Å². The summed E-state index contributed by atoms with van der Waals surface area (Å²) >= 11 is 0. The highest BCUT2D eigenvalue weighted by Crippen LogP contribution is 2.20. The monoisotopic (exact) mass is 277 g/mol. The normalized spacial score (nSPS) is 11.0. The van der Waals surface area contributed by atoms with Gasteiger partial charge < -0.3 is 10.3 Å². The number of fused-ring (bicyclic) bond motifs is 2. The molecule has 2 aromatic carbocycles. The molecule has 0 spiro atoms. The van der Waals surface area contributed by atoms with E-state index in [1.54, 1.807) is 18.6 Å². The number of imidazole rings is 1. The molecule has 0 aliphatic rings. The van der Waals surface area contributed by atoms with Crippen molar-refractivity contribution in [2.45, 2.75) is 0 Å². The fourth-order valence-corrected chi connectivity index (χ4v) is 2.38. The van der Waals surface area contributed by atoms with Crippen molar-refractivity contribution in [1.82, 2.24) is 20.2 Å². The molecule has 0 saturated carbocycles. The third kappa shape index (κ3) is 1.93. The summed E-state index contributed by atoms with van der Waals surface area (Å²) in [5, 5.41) is 10.5. The van der Waals surface area contributed by atoms with Crippen LogP contribution in [0.15, 0.2) is 48.9 Å². The third-order valence-electron chi connectivity index (χ3n) is 3.41. The van der Waals surface area contributed by atoms with Crippen molar-refractivity contribution < 1.29 is 4.79 Å². The zero-order chi connectivity index (χ0) is 14.2. The van der Waals surface area contributed by atoms with Gasteiger partial charge in [-0.1, -0.05) is 6.07 Å². The fourth-order valence-electron chi connectivity index (χ4n) is 2.38. The summed E-state index contributed by atoms with van der Waals surface area (Å²) in [5.74, 6) is -0.166. The lowest BCUT2D eigenvalue weighted by molar-refractivity contribution is 0.102. The highest BCUT2D eigenvalue weighted by molar-refractivity contribution is 6.12. The van der Waals surface area contributed by atoms with Gasteiger partial charge >= 0.3 is 0 Å². The number of carbonyl (C=O) groups excluding carboxylic acids is 1. The summed E-state index contributed by atoms with van der Waals surface area (Å²) in [7, 11) is 0. The Kier molecular flexibility index (Phi) is 2.47. The third-order valence-corrected chi connectivity index (χ3v) is 3.41. The molecule has 2 heterocycles. The molecule has 0 fully saturated rings. The number of hydrogen-bond acceptors (Lipinski definition) is 3. The molecule has 6 nitrogen and oxygen atoms in total. The van der Waals surface area contributed by atoms with Gasteiger partial charge in [-0.05, 0) is 30.3 Å². The summed E-state index contributed by atoms with van der Waals surface area (Å²) in [6.45, 7) is 0. The van der Waals surface area contributed by atoms with Crippen LogP contribution in [0, 0.1) is 0 Å². The number of benzene rings is 2. The molecule has 0 atom stereocenters. The number of nitrogens with zero attached hydrogens (tertiary/aromatic N) is 2. The highest BCUT2D eigenvalue weighted by atomic mass is 16.1. The number of carbonyl (C=O) groups is 1. The average Bonchev–Trinajstić information content (AvgIpc) is 3.14.